The second-order valence-electron chi connectivity index (χ2n) is 6.95. The van der Waals surface area contributed by atoms with Crippen molar-refractivity contribution < 1.29 is 19.1 Å². The topological polar surface area (TPSA) is 60.9 Å². The Hall–Kier alpha value is -1.95. The molecule has 1 aromatic rings. The van der Waals surface area contributed by atoms with E-state index in [1.807, 2.05) is 16.7 Å². The first kappa shape index (κ1) is 17.9. The van der Waals surface area contributed by atoms with Crippen molar-refractivity contribution in [2.24, 2.45) is 0 Å². The molecule has 0 bridgehead atoms. The maximum absolute atomic E-state index is 13.3. The van der Waals surface area contributed by atoms with Crippen LogP contribution in [0.4, 0.5) is 4.39 Å². The van der Waals surface area contributed by atoms with E-state index in [1.165, 1.54) is 6.07 Å². The molecule has 0 saturated carbocycles. The maximum atomic E-state index is 13.3. The van der Waals surface area contributed by atoms with Gasteiger partial charge in [0.05, 0.1) is 12.5 Å². The van der Waals surface area contributed by atoms with Crippen LogP contribution in [0, 0.1) is 5.82 Å². The van der Waals surface area contributed by atoms with Gasteiger partial charge < -0.3 is 10.0 Å². The van der Waals surface area contributed by atoms with E-state index in [2.05, 4.69) is 0 Å². The number of aliphatic carboxylic acids is 1. The van der Waals surface area contributed by atoms with Crippen LogP contribution in [-0.4, -0.2) is 59.0 Å². The molecule has 25 heavy (non-hydrogen) atoms. The summed E-state index contributed by atoms with van der Waals surface area (Å²) in [5, 5.41) is 9.01. The highest BCUT2D eigenvalue weighted by atomic mass is 19.1. The van der Waals surface area contributed by atoms with Gasteiger partial charge in [-0.05, 0) is 55.5 Å². The minimum atomic E-state index is -0.810. The Balaban J connectivity index is 1.60. The Morgan fingerprint density at radius 2 is 2.00 bits per heavy atom. The quantitative estimate of drug-likeness (QED) is 0.887. The number of rotatable bonds is 5. The van der Waals surface area contributed by atoms with E-state index in [-0.39, 0.29) is 30.2 Å². The van der Waals surface area contributed by atoms with Gasteiger partial charge in [-0.1, -0.05) is 13.0 Å². The molecule has 2 aliphatic rings. The number of carbonyl (C=O) groups excluding carboxylic acids is 1. The van der Waals surface area contributed by atoms with Crippen LogP contribution in [0.1, 0.15) is 43.2 Å². The standard InChI is InChI=1S/C19H25FN2O3/c1-2-21(12-18(23)24)15-7-9-22(10-8-15)19(25)17-5-3-13-11-14(20)4-6-16(13)17/h4,6,11,15,17H,2-3,5,7-10,12H2,1H3,(H,23,24). The van der Waals surface area contributed by atoms with Crippen LogP contribution in [0.5, 0.6) is 0 Å². The third kappa shape index (κ3) is 3.84. The highest BCUT2D eigenvalue weighted by molar-refractivity contribution is 5.85. The van der Waals surface area contributed by atoms with Crippen molar-refractivity contribution in [3.8, 4) is 0 Å². The second kappa shape index (κ2) is 7.52. The number of benzene rings is 1. The highest BCUT2D eigenvalue weighted by Gasteiger charge is 2.34. The molecule has 1 aromatic carbocycles. The number of hydrogen-bond donors (Lipinski definition) is 1. The largest absolute Gasteiger partial charge is 0.480 e. The van der Waals surface area contributed by atoms with Crippen molar-refractivity contribution in [3.63, 3.8) is 0 Å². The molecule has 6 heteroatoms. The van der Waals surface area contributed by atoms with Gasteiger partial charge in [0.2, 0.25) is 5.91 Å². The number of likely N-dealkylation sites (N-methyl/N-ethyl adjacent to an activating group) is 1. The molecule has 1 atom stereocenters. The van der Waals surface area contributed by atoms with E-state index in [0.29, 0.717) is 19.6 Å². The van der Waals surface area contributed by atoms with Crippen molar-refractivity contribution in [2.45, 2.75) is 44.6 Å². The fourth-order valence-corrected chi connectivity index (χ4v) is 4.19. The number of amides is 1. The van der Waals surface area contributed by atoms with Crippen LogP contribution < -0.4 is 0 Å². The van der Waals surface area contributed by atoms with Crippen LogP contribution in [0.25, 0.3) is 0 Å². The molecule has 1 heterocycles. The molecule has 1 fully saturated rings. The van der Waals surface area contributed by atoms with Gasteiger partial charge in [-0.15, -0.1) is 0 Å². The molecule has 1 amide bonds. The number of halogens is 1. The average Bonchev–Trinajstić information content (AvgIpc) is 3.02. The molecular formula is C19H25FN2O3. The minimum Gasteiger partial charge on any atom is -0.480 e. The van der Waals surface area contributed by atoms with Gasteiger partial charge in [-0.3, -0.25) is 14.5 Å². The van der Waals surface area contributed by atoms with Crippen LogP contribution >= 0.6 is 0 Å². The number of carboxylic acids is 1. The fourth-order valence-electron chi connectivity index (χ4n) is 4.19. The Bertz CT molecular complexity index is 656. The summed E-state index contributed by atoms with van der Waals surface area (Å²) in [5.74, 6) is -1.08. The first-order chi connectivity index (χ1) is 12.0. The van der Waals surface area contributed by atoms with Crippen LogP contribution in [0.2, 0.25) is 0 Å². The van der Waals surface area contributed by atoms with Crippen molar-refractivity contribution in [3.05, 3.63) is 35.1 Å². The van der Waals surface area contributed by atoms with Gasteiger partial charge in [-0.25, -0.2) is 4.39 Å². The number of likely N-dealkylation sites (tertiary alicyclic amines) is 1. The number of hydrogen-bond acceptors (Lipinski definition) is 3. The molecule has 3 rings (SSSR count). The Kier molecular flexibility index (Phi) is 5.37. The normalized spacial score (nSPS) is 20.8. The minimum absolute atomic E-state index is 0.0523. The molecule has 1 unspecified atom stereocenters. The molecule has 5 nitrogen and oxygen atoms in total. The lowest BCUT2D eigenvalue weighted by atomic mass is 9.97. The van der Waals surface area contributed by atoms with Crippen molar-refractivity contribution in [1.29, 1.82) is 0 Å². The number of piperidine rings is 1. The summed E-state index contributed by atoms with van der Waals surface area (Å²) in [5.41, 5.74) is 1.92. The molecule has 136 valence electrons. The van der Waals surface area contributed by atoms with Gasteiger partial charge in [0.15, 0.2) is 0 Å². The summed E-state index contributed by atoms with van der Waals surface area (Å²) in [4.78, 5) is 27.7. The number of carbonyl (C=O) groups is 2. The smallest absolute Gasteiger partial charge is 0.317 e. The van der Waals surface area contributed by atoms with Crippen molar-refractivity contribution >= 4 is 11.9 Å². The molecule has 1 saturated heterocycles. The zero-order chi connectivity index (χ0) is 18.0. The molecule has 0 radical (unpaired) electrons. The van der Waals surface area contributed by atoms with Crippen molar-refractivity contribution in [2.75, 3.05) is 26.2 Å². The lowest BCUT2D eigenvalue weighted by Crippen LogP contribution is -2.48. The van der Waals surface area contributed by atoms with E-state index in [0.717, 1.165) is 36.8 Å². The number of carboxylic acid groups (broad SMARTS) is 1. The summed E-state index contributed by atoms with van der Waals surface area (Å²) in [6, 6.07) is 4.94. The van der Waals surface area contributed by atoms with Crippen LogP contribution in [-0.2, 0) is 16.0 Å². The van der Waals surface area contributed by atoms with Gasteiger partial charge in [0, 0.05) is 19.1 Å². The Morgan fingerprint density at radius 1 is 1.28 bits per heavy atom. The second-order valence-corrected chi connectivity index (χ2v) is 6.95. The molecule has 1 aliphatic heterocycles. The lowest BCUT2D eigenvalue weighted by Gasteiger charge is -2.38. The van der Waals surface area contributed by atoms with E-state index in [4.69, 9.17) is 5.11 Å². The number of nitrogens with zero attached hydrogens (tertiary/aromatic N) is 2. The summed E-state index contributed by atoms with van der Waals surface area (Å²) in [6.07, 6.45) is 3.10. The zero-order valence-corrected chi connectivity index (χ0v) is 14.6. The Labute approximate surface area is 147 Å². The highest BCUT2D eigenvalue weighted by Crippen LogP contribution is 2.35. The van der Waals surface area contributed by atoms with E-state index < -0.39 is 5.97 Å². The average molecular weight is 348 g/mol. The molecular weight excluding hydrogens is 323 g/mol. The summed E-state index contributed by atoms with van der Waals surface area (Å²) < 4.78 is 13.3. The van der Waals surface area contributed by atoms with Gasteiger partial charge in [0.25, 0.3) is 0 Å². The van der Waals surface area contributed by atoms with Gasteiger partial charge in [-0.2, -0.15) is 0 Å². The van der Waals surface area contributed by atoms with E-state index >= 15 is 0 Å². The SMILES string of the molecule is CCN(CC(=O)O)C1CCN(C(=O)C2CCc3cc(F)ccc32)CC1. The predicted molar refractivity (Wildman–Crippen MR) is 91.9 cm³/mol. The first-order valence-electron chi connectivity index (χ1n) is 9.02. The molecule has 0 spiro atoms. The third-order valence-corrected chi connectivity index (χ3v) is 5.52. The maximum Gasteiger partial charge on any atom is 0.317 e. The number of fused-ring (bicyclic) bond motifs is 1. The van der Waals surface area contributed by atoms with Crippen LogP contribution in [0.3, 0.4) is 0 Å². The predicted octanol–water partition coefficient (Wildman–Crippen LogP) is 2.25. The summed E-state index contributed by atoms with van der Waals surface area (Å²) in [7, 11) is 0. The first-order valence-corrected chi connectivity index (χ1v) is 9.02. The molecule has 1 aliphatic carbocycles. The molecule has 1 N–H and O–H groups in total. The van der Waals surface area contributed by atoms with Crippen LogP contribution in [0.15, 0.2) is 18.2 Å². The summed E-state index contributed by atoms with van der Waals surface area (Å²) in [6.45, 7) is 4.04. The van der Waals surface area contributed by atoms with Gasteiger partial charge in [0.1, 0.15) is 5.82 Å². The third-order valence-electron chi connectivity index (χ3n) is 5.52. The van der Waals surface area contributed by atoms with E-state index in [9.17, 15) is 14.0 Å². The lowest BCUT2D eigenvalue weighted by molar-refractivity contribution is -0.140. The molecule has 0 aromatic heterocycles. The van der Waals surface area contributed by atoms with E-state index in [1.54, 1.807) is 12.1 Å². The summed E-state index contributed by atoms with van der Waals surface area (Å²) >= 11 is 0. The number of aryl methyl sites for hydroxylation is 1. The van der Waals surface area contributed by atoms with Crippen molar-refractivity contribution in [1.82, 2.24) is 9.80 Å². The fraction of sp³-hybridized carbons (Fsp3) is 0.579. The Morgan fingerprint density at radius 3 is 2.64 bits per heavy atom. The zero-order valence-electron chi connectivity index (χ0n) is 14.6. The van der Waals surface area contributed by atoms with Gasteiger partial charge >= 0.3 is 5.97 Å². The monoisotopic (exact) mass is 348 g/mol.